The molecule has 3 N–H and O–H groups in total. The predicted octanol–water partition coefficient (Wildman–Crippen LogP) is 3.89. The number of amides is 2. The molecule has 0 saturated carbocycles. The van der Waals surface area contributed by atoms with Crippen molar-refractivity contribution >= 4 is 34.8 Å². The van der Waals surface area contributed by atoms with Gasteiger partial charge in [0.05, 0.1) is 5.02 Å². The van der Waals surface area contributed by atoms with E-state index in [9.17, 15) is 9.59 Å². The average Bonchev–Trinajstić information content (AvgIpc) is 2.41. The Morgan fingerprint density at radius 3 is 2.14 bits per heavy atom. The molecule has 2 amide bonds. The minimum absolute atomic E-state index is 0.118. The highest BCUT2D eigenvalue weighted by atomic mass is 35.5. The normalized spacial score (nSPS) is 10.0. The molecule has 0 atom stereocenters. The summed E-state index contributed by atoms with van der Waals surface area (Å²) in [7, 11) is 0. The maximum absolute atomic E-state index is 11.8. The maximum Gasteiger partial charge on any atom is 0.323 e. The van der Waals surface area contributed by atoms with Gasteiger partial charge in [-0.25, -0.2) is 4.79 Å². The van der Waals surface area contributed by atoms with Gasteiger partial charge in [-0.15, -0.1) is 0 Å². The average molecular weight is 305 g/mol. The third-order valence-electron chi connectivity index (χ3n) is 2.73. The van der Waals surface area contributed by atoms with Crippen LogP contribution in [0.25, 0.3) is 0 Å². The Kier molecular flexibility index (Phi) is 4.45. The number of anilines is 2. The number of aromatic hydroxyl groups is 1. The van der Waals surface area contributed by atoms with E-state index in [0.29, 0.717) is 16.9 Å². The van der Waals surface area contributed by atoms with E-state index in [-0.39, 0.29) is 16.6 Å². The molecule has 21 heavy (non-hydrogen) atoms. The molecule has 0 radical (unpaired) electrons. The van der Waals surface area contributed by atoms with Crippen molar-refractivity contribution in [3.63, 3.8) is 0 Å². The quantitative estimate of drug-likeness (QED) is 0.594. The van der Waals surface area contributed by atoms with Crippen LogP contribution in [0.5, 0.6) is 5.75 Å². The Bertz CT molecular complexity index is 684. The van der Waals surface area contributed by atoms with Gasteiger partial charge in [-0.2, -0.15) is 0 Å². The van der Waals surface area contributed by atoms with Crippen LogP contribution >= 0.6 is 11.6 Å². The second-order valence-corrected chi connectivity index (χ2v) is 4.78. The zero-order chi connectivity index (χ0) is 15.4. The van der Waals surface area contributed by atoms with Crippen molar-refractivity contribution in [3.8, 4) is 5.75 Å². The first kappa shape index (κ1) is 14.9. The highest BCUT2D eigenvalue weighted by molar-refractivity contribution is 6.34. The van der Waals surface area contributed by atoms with Crippen LogP contribution in [0.15, 0.2) is 42.5 Å². The van der Waals surface area contributed by atoms with E-state index in [1.807, 2.05) is 0 Å². The van der Waals surface area contributed by atoms with Crippen LogP contribution in [-0.2, 0) is 0 Å². The second-order valence-electron chi connectivity index (χ2n) is 4.38. The Balaban J connectivity index is 2.04. The zero-order valence-corrected chi connectivity index (χ0v) is 11.9. The number of urea groups is 1. The summed E-state index contributed by atoms with van der Waals surface area (Å²) in [5.74, 6) is -0.0207. The fourth-order valence-electron chi connectivity index (χ4n) is 1.72. The van der Waals surface area contributed by atoms with E-state index in [1.165, 1.54) is 25.1 Å². The molecule has 5 nitrogen and oxygen atoms in total. The molecular formula is C15H13ClN2O3. The summed E-state index contributed by atoms with van der Waals surface area (Å²) in [6.07, 6.45) is 0. The minimum Gasteiger partial charge on any atom is -0.508 e. The molecular weight excluding hydrogens is 292 g/mol. The fraction of sp³-hybridized carbons (Fsp3) is 0.0667. The first-order chi connectivity index (χ1) is 9.95. The van der Waals surface area contributed by atoms with Gasteiger partial charge in [0.15, 0.2) is 5.78 Å². The van der Waals surface area contributed by atoms with Crippen LogP contribution in [0.4, 0.5) is 16.2 Å². The lowest BCUT2D eigenvalue weighted by molar-refractivity contribution is 0.101. The molecule has 0 aromatic heterocycles. The molecule has 0 bridgehead atoms. The van der Waals surface area contributed by atoms with Crippen LogP contribution in [0.3, 0.4) is 0 Å². The third kappa shape index (κ3) is 3.97. The number of halogens is 1. The SMILES string of the molecule is CC(=O)c1ccc(NC(=O)Nc2ccc(O)cc2)cc1Cl. The van der Waals surface area contributed by atoms with E-state index >= 15 is 0 Å². The monoisotopic (exact) mass is 304 g/mol. The summed E-state index contributed by atoms with van der Waals surface area (Å²) in [6, 6.07) is 10.3. The molecule has 108 valence electrons. The minimum atomic E-state index is -0.452. The Morgan fingerprint density at radius 2 is 1.57 bits per heavy atom. The van der Waals surface area contributed by atoms with E-state index in [4.69, 9.17) is 16.7 Å². The first-order valence-corrected chi connectivity index (χ1v) is 6.51. The molecule has 0 aliphatic heterocycles. The van der Waals surface area contributed by atoms with Gasteiger partial charge in [-0.05, 0) is 49.4 Å². The van der Waals surface area contributed by atoms with Crippen molar-refractivity contribution in [2.24, 2.45) is 0 Å². The molecule has 2 aromatic carbocycles. The first-order valence-electron chi connectivity index (χ1n) is 6.13. The smallest absolute Gasteiger partial charge is 0.323 e. The standard InChI is InChI=1S/C15H13ClN2O3/c1-9(19)13-7-4-11(8-14(13)16)18-15(21)17-10-2-5-12(20)6-3-10/h2-8,20H,1H3,(H2,17,18,21). The van der Waals surface area contributed by atoms with E-state index in [0.717, 1.165) is 0 Å². The van der Waals surface area contributed by atoms with Gasteiger partial charge < -0.3 is 15.7 Å². The maximum atomic E-state index is 11.8. The number of hydrogen-bond donors (Lipinski definition) is 3. The molecule has 0 heterocycles. The third-order valence-corrected chi connectivity index (χ3v) is 3.04. The molecule has 0 saturated heterocycles. The number of phenols is 1. The highest BCUT2D eigenvalue weighted by Gasteiger charge is 2.08. The number of benzene rings is 2. The molecule has 0 unspecified atom stereocenters. The van der Waals surface area contributed by atoms with Crippen molar-refractivity contribution in [1.82, 2.24) is 0 Å². The summed E-state index contributed by atoms with van der Waals surface area (Å²) in [5, 5.41) is 14.6. The van der Waals surface area contributed by atoms with Crippen LogP contribution < -0.4 is 10.6 Å². The lowest BCUT2D eigenvalue weighted by Crippen LogP contribution is -2.19. The molecule has 0 spiro atoms. The number of rotatable bonds is 3. The Morgan fingerprint density at radius 1 is 1.00 bits per heavy atom. The van der Waals surface area contributed by atoms with Gasteiger partial charge in [0, 0.05) is 16.9 Å². The van der Waals surface area contributed by atoms with Crippen molar-refractivity contribution in [3.05, 3.63) is 53.1 Å². The molecule has 0 aliphatic carbocycles. The Labute approximate surface area is 126 Å². The highest BCUT2D eigenvalue weighted by Crippen LogP contribution is 2.21. The molecule has 2 aromatic rings. The molecule has 0 fully saturated rings. The van der Waals surface area contributed by atoms with Gasteiger partial charge >= 0.3 is 6.03 Å². The van der Waals surface area contributed by atoms with Crippen LogP contribution in [0.2, 0.25) is 5.02 Å². The topological polar surface area (TPSA) is 78.4 Å². The van der Waals surface area contributed by atoms with E-state index in [1.54, 1.807) is 24.3 Å². The van der Waals surface area contributed by atoms with Crippen LogP contribution in [-0.4, -0.2) is 16.9 Å². The Hall–Kier alpha value is -2.53. The lowest BCUT2D eigenvalue weighted by atomic mass is 10.1. The summed E-state index contributed by atoms with van der Waals surface area (Å²) in [6.45, 7) is 1.42. The molecule has 2 rings (SSSR count). The van der Waals surface area contributed by atoms with Gasteiger partial charge in [0.25, 0.3) is 0 Å². The number of ketones is 1. The number of carbonyl (C=O) groups excluding carboxylic acids is 2. The van der Waals surface area contributed by atoms with Gasteiger partial charge in [-0.1, -0.05) is 11.6 Å². The van der Waals surface area contributed by atoms with Crippen LogP contribution in [0.1, 0.15) is 17.3 Å². The summed E-state index contributed by atoms with van der Waals surface area (Å²) in [4.78, 5) is 23.1. The van der Waals surface area contributed by atoms with Gasteiger partial charge in [0.1, 0.15) is 5.75 Å². The van der Waals surface area contributed by atoms with Crippen molar-refractivity contribution in [2.75, 3.05) is 10.6 Å². The number of nitrogens with one attached hydrogen (secondary N) is 2. The summed E-state index contributed by atoms with van der Waals surface area (Å²) < 4.78 is 0. The van der Waals surface area contributed by atoms with Crippen molar-refractivity contribution < 1.29 is 14.7 Å². The summed E-state index contributed by atoms with van der Waals surface area (Å²) >= 11 is 5.97. The number of phenolic OH excluding ortho intramolecular Hbond substituents is 1. The fourth-order valence-corrected chi connectivity index (χ4v) is 2.03. The number of hydrogen-bond acceptors (Lipinski definition) is 3. The van der Waals surface area contributed by atoms with Crippen LogP contribution in [0, 0.1) is 0 Å². The zero-order valence-electron chi connectivity index (χ0n) is 11.2. The predicted molar refractivity (Wildman–Crippen MR) is 82.2 cm³/mol. The summed E-state index contributed by atoms with van der Waals surface area (Å²) in [5.41, 5.74) is 1.42. The largest absolute Gasteiger partial charge is 0.508 e. The molecule has 6 heteroatoms. The second kappa shape index (κ2) is 6.28. The van der Waals surface area contributed by atoms with E-state index < -0.39 is 6.03 Å². The lowest BCUT2D eigenvalue weighted by Gasteiger charge is -2.09. The van der Waals surface area contributed by atoms with Crippen molar-refractivity contribution in [2.45, 2.75) is 6.92 Å². The molecule has 0 aliphatic rings. The number of Topliss-reactive ketones (excluding diaryl/α,β-unsaturated/α-hetero) is 1. The number of carbonyl (C=O) groups is 2. The van der Waals surface area contributed by atoms with Gasteiger partial charge in [-0.3, -0.25) is 4.79 Å². The van der Waals surface area contributed by atoms with Gasteiger partial charge in [0.2, 0.25) is 0 Å². The van der Waals surface area contributed by atoms with Crippen molar-refractivity contribution in [1.29, 1.82) is 0 Å². The van der Waals surface area contributed by atoms with E-state index in [2.05, 4.69) is 10.6 Å².